The van der Waals surface area contributed by atoms with Crippen molar-refractivity contribution < 1.29 is 19.8 Å². The molecule has 0 saturated carbocycles. The third-order valence-corrected chi connectivity index (χ3v) is 7.15. The largest absolute Gasteiger partial charge is 0.512 e. The van der Waals surface area contributed by atoms with Gasteiger partial charge in [-0.05, 0) is 19.3 Å². The van der Waals surface area contributed by atoms with Crippen molar-refractivity contribution >= 4 is 11.6 Å². The van der Waals surface area contributed by atoms with Gasteiger partial charge in [-0.15, -0.1) is 0 Å². The van der Waals surface area contributed by atoms with Gasteiger partial charge in [-0.2, -0.15) is 0 Å². The number of Topliss-reactive ketones (excluding diaryl/α,β-unsaturated/α-hetero) is 2. The van der Waals surface area contributed by atoms with Gasteiger partial charge in [0.15, 0.2) is 11.6 Å². The van der Waals surface area contributed by atoms with E-state index in [2.05, 4.69) is 6.92 Å². The van der Waals surface area contributed by atoms with Crippen LogP contribution in [-0.2, 0) is 9.59 Å². The summed E-state index contributed by atoms with van der Waals surface area (Å²) in [6, 6.07) is 0. The summed E-state index contributed by atoms with van der Waals surface area (Å²) in [6.45, 7) is 2.26. The van der Waals surface area contributed by atoms with Gasteiger partial charge in [0, 0.05) is 42.7 Å². The summed E-state index contributed by atoms with van der Waals surface area (Å²) in [7, 11) is 0. The molecule has 0 aromatic heterocycles. The first-order valence-corrected chi connectivity index (χ1v) is 13.5. The molecule has 0 heterocycles. The number of hydrogen-bond acceptors (Lipinski definition) is 4. The molecule has 0 atom stereocenters. The van der Waals surface area contributed by atoms with Gasteiger partial charge < -0.3 is 10.2 Å². The van der Waals surface area contributed by atoms with Crippen molar-refractivity contribution in [1.82, 2.24) is 0 Å². The minimum Gasteiger partial charge on any atom is -0.512 e. The molecule has 0 spiro atoms. The molecule has 32 heavy (non-hydrogen) atoms. The molecule has 0 aromatic rings. The van der Waals surface area contributed by atoms with Crippen LogP contribution in [0.4, 0.5) is 0 Å². The van der Waals surface area contributed by atoms with Crippen LogP contribution in [0.5, 0.6) is 0 Å². The Hall–Kier alpha value is -1.58. The van der Waals surface area contributed by atoms with E-state index in [1.54, 1.807) is 0 Å². The average Bonchev–Trinajstić information content (AvgIpc) is 2.76. The van der Waals surface area contributed by atoms with Crippen molar-refractivity contribution in [2.45, 2.75) is 135 Å². The Kier molecular flexibility index (Phi) is 12.7. The summed E-state index contributed by atoms with van der Waals surface area (Å²) in [5, 5.41) is 20.9. The van der Waals surface area contributed by atoms with Crippen molar-refractivity contribution in [3.05, 3.63) is 22.7 Å². The second kappa shape index (κ2) is 15.3. The normalized spacial score (nSPS) is 17.7. The zero-order chi connectivity index (χ0) is 23.2. The smallest absolute Gasteiger partial charge is 0.162 e. The Balaban J connectivity index is 1.75. The Morgan fingerprint density at radius 3 is 1.34 bits per heavy atom. The molecule has 182 valence electrons. The minimum absolute atomic E-state index is 0.0490. The van der Waals surface area contributed by atoms with Gasteiger partial charge in [0.05, 0.1) is 11.5 Å². The maximum atomic E-state index is 12.6. The number of aliphatic hydroxyl groups is 2. The standard InChI is InChI=1S/C28H46O4/c1-2-3-4-5-6-7-8-9-10-11-12-13-14-17-22(27-23(29)18-15-19-24(27)30)28-25(31)20-16-21-26(28)32/h22,29,31H,2-21H2,1H3. The van der Waals surface area contributed by atoms with Crippen LogP contribution >= 0.6 is 0 Å². The number of ketones is 2. The first-order chi connectivity index (χ1) is 15.6. The zero-order valence-corrected chi connectivity index (χ0v) is 20.4. The maximum Gasteiger partial charge on any atom is 0.162 e. The van der Waals surface area contributed by atoms with E-state index in [1.807, 2.05) is 0 Å². The molecular formula is C28H46O4. The fourth-order valence-corrected chi connectivity index (χ4v) is 5.28. The lowest BCUT2D eigenvalue weighted by Gasteiger charge is -2.28. The molecule has 0 amide bonds. The summed E-state index contributed by atoms with van der Waals surface area (Å²) in [5.41, 5.74) is 0.818. The topological polar surface area (TPSA) is 74.6 Å². The van der Waals surface area contributed by atoms with E-state index in [4.69, 9.17) is 0 Å². The summed E-state index contributed by atoms with van der Waals surface area (Å²) >= 11 is 0. The van der Waals surface area contributed by atoms with Crippen LogP contribution in [0.1, 0.15) is 135 Å². The second-order valence-corrected chi connectivity index (χ2v) is 9.86. The average molecular weight is 447 g/mol. The summed E-state index contributed by atoms with van der Waals surface area (Å²) < 4.78 is 0. The van der Waals surface area contributed by atoms with Gasteiger partial charge in [-0.3, -0.25) is 9.59 Å². The van der Waals surface area contributed by atoms with Crippen LogP contribution in [0, 0.1) is 5.92 Å². The number of rotatable bonds is 16. The van der Waals surface area contributed by atoms with Crippen LogP contribution in [0.25, 0.3) is 0 Å². The first-order valence-electron chi connectivity index (χ1n) is 13.5. The lowest BCUT2D eigenvalue weighted by Crippen LogP contribution is -2.27. The number of carbonyl (C=O) groups excluding carboxylic acids is 2. The van der Waals surface area contributed by atoms with Crippen LogP contribution < -0.4 is 0 Å². The van der Waals surface area contributed by atoms with E-state index in [1.165, 1.54) is 70.6 Å². The van der Waals surface area contributed by atoms with Crippen LogP contribution in [0.3, 0.4) is 0 Å². The number of carbonyl (C=O) groups is 2. The Morgan fingerprint density at radius 1 is 0.594 bits per heavy atom. The third-order valence-electron chi connectivity index (χ3n) is 7.15. The van der Waals surface area contributed by atoms with E-state index in [0.717, 1.165) is 12.8 Å². The molecule has 2 rings (SSSR count). The van der Waals surface area contributed by atoms with Crippen molar-refractivity contribution in [3.63, 3.8) is 0 Å². The molecule has 2 N–H and O–H groups in total. The van der Waals surface area contributed by atoms with E-state index >= 15 is 0 Å². The highest BCUT2D eigenvalue weighted by Crippen LogP contribution is 2.38. The van der Waals surface area contributed by atoms with Gasteiger partial charge >= 0.3 is 0 Å². The van der Waals surface area contributed by atoms with Crippen molar-refractivity contribution in [2.75, 3.05) is 0 Å². The third kappa shape index (κ3) is 8.75. The predicted molar refractivity (Wildman–Crippen MR) is 131 cm³/mol. The molecule has 0 radical (unpaired) electrons. The van der Waals surface area contributed by atoms with Crippen molar-refractivity contribution in [2.24, 2.45) is 5.92 Å². The van der Waals surface area contributed by atoms with Crippen molar-refractivity contribution in [1.29, 1.82) is 0 Å². The lowest BCUT2D eigenvalue weighted by atomic mass is 9.75. The van der Waals surface area contributed by atoms with Gasteiger partial charge in [0.2, 0.25) is 0 Å². The number of hydrogen-bond donors (Lipinski definition) is 2. The SMILES string of the molecule is CCCCCCCCCCCCCCCC(C1=C(O)CCCC1=O)C1=C(O)CCCC1=O. The number of unbranched alkanes of at least 4 members (excludes halogenated alkanes) is 12. The van der Waals surface area contributed by atoms with E-state index in [9.17, 15) is 19.8 Å². The second-order valence-electron chi connectivity index (χ2n) is 9.86. The van der Waals surface area contributed by atoms with Crippen LogP contribution in [0.2, 0.25) is 0 Å². The Morgan fingerprint density at radius 2 is 0.969 bits per heavy atom. The van der Waals surface area contributed by atoms with Gasteiger partial charge in [0.25, 0.3) is 0 Å². The highest BCUT2D eigenvalue weighted by Gasteiger charge is 2.35. The minimum atomic E-state index is -0.427. The van der Waals surface area contributed by atoms with E-state index in [0.29, 0.717) is 56.1 Å². The summed E-state index contributed by atoms with van der Waals surface area (Å²) in [4.78, 5) is 25.2. The molecule has 2 aliphatic rings. The predicted octanol–water partition coefficient (Wildman–Crippen LogP) is 8.21. The molecule has 0 fully saturated rings. The highest BCUT2D eigenvalue weighted by molar-refractivity contribution is 6.03. The number of aliphatic hydroxyl groups excluding tert-OH is 2. The Labute approximate surface area is 195 Å². The summed E-state index contributed by atoms with van der Waals surface area (Å²) in [6.07, 6.45) is 20.4. The number of allylic oxidation sites excluding steroid dienone is 4. The molecule has 4 heteroatoms. The molecule has 0 bridgehead atoms. The van der Waals surface area contributed by atoms with E-state index < -0.39 is 5.92 Å². The zero-order valence-electron chi connectivity index (χ0n) is 20.4. The fraction of sp³-hybridized carbons (Fsp3) is 0.786. The highest BCUT2D eigenvalue weighted by atomic mass is 16.3. The van der Waals surface area contributed by atoms with Crippen molar-refractivity contribution in [3.8, 4) is 0 Å². The molecule has 0 aromatic carbocycles. The quantitative estimate of drug-likeness (QED) is 0.234. The lowest BCUT2D eigenvalue weighted by molar-refractivity contribution is -0.117. The molecule has 0 unspecified atom stereocenters. The molecule has 0 saturated heterocycles. The maximum absolute atomic E-state index is 12.6. The molecular weight excluding hydrogens is 400 g/mol. The fourth-order valence-electron chi connectivity index (χ4n) is 5.28. The molecule has 0 aliphatic heterocycles. The molecule has 2 aliphatic carbocycles. The van der Waals surface area contributed by atoms with E-state index in [-0.39, 0.29) is 23.1 Å². The Bertz CT molecular complexity index is 616. The first kappa shape index (κ1) is 26.7. The molecule has 4 nitrogen and oxygen atoms in total. The monoisotopic (exact) mass is 446 g/mol. The van der Waals surface area contributed by atoms with Gasteiger partial charge in [-0.25, -0.2) is 0 Å². The van der Waals surface area contributed by atoms with Crippen LogP contribution in [-0.4, -0.2) is 21.8 Å². The summed E-state index contributed by atoms with van der Waals surface area (Å²) in [5.74, 6) is -0.248. The van der Waals surface area contributed by atoms with Crippen LogP contribution in [0.15, 0.2) is 22.7 Å². The van der Waals surface area contributed by atoms with Gasteiger partial charge in [-0.1, -0.05) is 90.4 Å². The van der Waals surface area contributed by atoms with Gasteiger partial charge in [0.1, 0.15) is 0 Å².